The lowest BCUT2D eigenvalue weighted by atomic mass is 9.92. The predicted octanol–water partition coefficient (Wildman–Crippen LogP) is 5.54. The van der Waals surface area contributed by atoms with Crippen LogP contribution >= 0.6 is 23.2 Å². The van der Waals surface area contributed by atoms with Crippen molar-refractivity contribution in [1.82, 2.24) is 0 Å². The van der Waals surface area contributed by atoms with Crippen LogP contribution in [0, 0.1) is 5.92 Å². The van der Waals surface area contributed by atoms with Gasteiger partial charge in [-0.2, -0.15) is 0 Å². The SMILES string of the molecule is O=C(CC1CCCCCC1)c1cccc(Cl)c1Cl. The number of Topliss-reactive ketones (excluding diaryl/α,β-unsaturated/α-hetero) is 1. The van der Waals surface area contributed by atoms with E-state index in [4.69, 9.17) is 23.2 Å². The molecule has 0 aromatic heterocycles. The average Bonchev–Trinajstić information content (AvgIpc) is 2.61. The summed E-state index contributed by atoms with van der Waals surface area (Å²) in [5.74, 6) is 0.657. The van der Waals surface area contributed by atoms with Gasteiger partial charge in [0.2, 0.25) is 0 Å². The van der Waals surface area contributed by atoms with E-state index in [9.17, 15) is 4.79 Å². The molecule has 3 heteroatoms. The van der Waals surface area contributed by atoms with Gasteiger partial charge in [-0.05, 0) is 18.1 Å². The van der Waals surface area contributed by atoms with Crippen LogP contribution in [-0.4, -0.2) is 5.78 Å². The summed E-state index contributed by atoms with van der Waals surface area (Å²) in [5, 5.41) is 0.862. The van der Waals surface area contributed by atoms with E-state index in [1.165, 1.54) is 38.5 Å². The largest absolute Gasteiger partial charge is 0.294 e. The molecule has 0 N–H and O–H groups in total. The first-order valence-corrected chi connectivity index (χ1v) is 7.41. The Balaban J connectivity index is 2.04. The summed E-state index contributed by atoms with van der Waals surface area (Å²) >= 11 is 12.0. The van der Waals surface area contributed by atoms with Crippen LogP contribution in [0.3, 0.4) is 0 Å². The second-order valence-corrected chi connectivity index (χ2v) is 5.87. The lowest BCUT2D eigenvalue weighted by Crippen LogP contribution is -2.09. The van der Waals surface area contributed by atoms with Gasteiger partial charge in [-0.15, -0.1) is 0 Å². The van der Waals surface area contributed by atoms with Crippen LogP contribution in [0.5, 0.6) is 0 Å². The van der Waals surface area contributed by atoms with Gasteiger partial charge in [-0.1, -0.05) is 67.8 Å². The molecule has 1 nitrogen and oxygen atoms in total. The minimum absolute atomic E-state index is 0.134. The van der Waals surface area contributed by atoms with Crippen molar-refractivity contribution in [2.45, 2.75) is 44.9 Å². The molecule has 0 radical (unpaired) electrons. The third-order valence-electron chi connectivity index (χ3n) is 3.70. The van der Waals surface area contributed by atoms with Crippen LogP contribution in [0.4, 0.5) is 0 Å². The van der Waals surface area contributed by atoms with E-state index < -0.39 is 0 Å². The third kappa shape index (κ3) is 3.49. The highest BCUT2D eigenvalue weighted by molar-refractivity contribution is 6.43. The smallest absolute Gasteiger partial charge is 0.164 e. The molecule has 18 heavy (non-hydrogen) atoms. The molecule has 0 spiro atoms. The Morgan fingerprint density at radius 3 is 2.44 bits per heavy atom. The minimum Gasteiger partial charge on any atom is -0.294 e. The Kier molecular flexibility index (Phi) is 5.08. The van der Waals surface area contributed by atoms with Crippen molar-refractivity contribution >= 4 is 29.0 Å². The first-order chi connectivity index (χ1) is 8.68. The lowest BCUT2D eigenvalue weighted by Gasteiger charge is -2.13. The molecular formula is C15H18Cl2O. The summed E-state index contributed by atoms with van der Waals surface area (Å²) in [6.07, 6.45) is 8.07. The maximum absolute atomic E-state index is 12.3. The van der Waals surface area contributed by atoms with Crippen LogP contribution in [0.1, 0.15) is 55.3 Å². The average molecular weight is 285 g/mol. The van der Waals surface area contributed by atoms with E-state index >= 15 is 0 Å². The van der Waals surface area contributed by atoms with Crippen LogP contribution in [0.2, 0.25) is 10.0 Å². The molecule has 1 aromatic carbocycles. The fraction of sp³-hybridized carbons (Fsp3) is 0.533. The highest BCUT2D eigenvalue weighted by atomic mass is 35.5. The van der Waals surface area contributed by atoms with Crippen molar-refractivity contribution in [3.8, 4) is 0 Å². The van der Waals surface area contributed by atoms with Gasteiger partial charge in [0, 0.05) is 12.0 Å². The normalized spacial score (nSPS) is 17.4. The number of rotatable bonds is 3. The van der Waals surface area contributed by atoms with Crippen molar-refractivity contribution < 1.29 is 4.79 Å². The van der Waals surface area contributed by atoms with E-state index in [1.807, 2.05) is 0 Å². The van der Waals surface area contributed by atoms with Crippen molar-refractivity contribution in [2.24, 2.45) is 5.92 Å². The van der Waals surface area contributed by atoms with E-state index in [-0.39, 0.29) is 5.78 Å². The molecule has 1 aromatic rings. The quantitative estimate of drug-likeness (QED) is 0.526. The Labute approximate surface area is 118 Å². The summed E-state index contributed by atoms with van der Waals surface area (Å²) in [7, 11) is 0. The van der Waals surface area contributed by atoms with Gasteiger partial charge in [-0.25, -0.2) is 0 Å². The van der Waals surface area contributed by atoms with Crippen LogP contribution in [0.15, 0.2) is 18.2 Å². The summed E-state index contributed by atoms with van der Waals surface area (Å²) in [5.41, 5.74) is 0.577. The van der Waals surface area contributed by atoms with Gasteiger partial charge in [0.15, 0.2) is 5.78 Å². The molecule has 0 saturated heterocycles. The number of hydrogen-bond acceptors (Lipinski definition) is 1. The highest BCUT2D eigenvalue weighted by Gasteiger charge is 2.19. The number of carbonyl (C=O) groups is 1. The molecule has 2 rings (SSSR count). The second kappa shape index (κ2) is 6.58. The number of hydrogen-bond donors (Lipinski definition) is 0. The van der Waals surface area contributed by atoms with Crippen LogP contribution in [-0.2, 0) is 0 Å². The lowest BCUT2D eigenvalue weighted by molar-refractivity contribution is 0.0957. The van der Waals surface area contributed by atoms with Gasteiger partial charge in [0.05, 0.1) is 10.0 Å². The van der Waals surface area contributed by atoms with Gasteiger partial charge >= 0.3 is 0 Å². The molecule has 0 unspecified atom stereocenters. The maximum Gasteiger partial charge on any atom is 0.164 e. The first kappa shape index (κ1) is 13.9. The number of halogens is 2. The monoisotopic (exact) mass is 284 g/mol. The summed E-state index contributed by atoms with van der Waals surface area (Å²) in [4.78, 5) is 12.3. The second-order valence-electron chi connectivity index (χ2n) is 5.09. The Bertz CT molecular complexity index is 421. The molecule has 0 heterocycles. The van der Waals surface area contributed by atoms with Crippen LogP contribution in [0.25, 0.3) is 0 Å². The molecule has 1 aliphatic carbocycles. The van der Waals surface area contributed by atoms with Gasteiger partial charge < -0.3 is 0 Å². The molecule has 98 valence electrons. The molecule has 0 aliphatic heterocycles. The fourth-order valence-electron chi connectivity index (χ4n) is 2.66. The van der Waals surface area contributed by atoms with Crippen LogP contribution < -0.4 is 0 Å². The van der Waals surface area contributed by atoms with Crippen molar-refractivity contribution in [3.05, 3.63) is 33.8 Å². The zero-order valence-corrected chi connectivity index (χ0v) is 11.9. The summed E-state index contributed by atoms with van der Waals surface area (Å²) in [6.45, 7) is 0. The Hall–Kier alpha value is -0.530. The zero-order chi connectivity index (χ0) is 13.0. The minimum atomic E-state index is 0.134. The molecule has 0 atom stereocenters. The summed E-state index contributed by atoms with van der Waals surface area (Å²) < 4.78 is 0. The topological polar surface area (TPSA) is 17.1 Å². The van der Waals surface area contributed by atoms with Gasteiger partial charge in [-0.3, -0.25) is 4.79 Å². The highest BCUT2D eigenvalue weighted by Crippen LogP contribution is 2.30. The van der Waals surface area contributed by atoms with E-state index in [0.29, 0.717) is 27.9 Å². The first-order valence-electron chi connectivity index (χ1n) is 6.65. The molecule has 0 amide bonds. The molecular weight excluding hydrogens is 267 g/mol. The molecule has 1 saturated carbocycles. The van der Waals surface area contributed by atoms with Gasteiger partial charge in [0.1, 0.15) is 0 Å². The Morgan fingerprint density at radius 1 is 1.11 bits per heavy atom. The van der Waals surface area contributed by atoms with Gasteiger partial charge in [0.25, 0.3) is 0 Å². The number of carbonyl (C=O) groups excluding carboxylic acids is 1. The van der Waals surface area contributed by atoms with Crippen molar-refractivity contribution in [2.75, 3.05) is 0 Å². The third-order valence-corrected chi connectivity index (χ3v) is 4.52. The maximum atomic E-state index is 12.3. The van der Waals surface area contributed by atoms with E-state index in [2.05, 4.69) is 0 Å². The standard InChI is InChI=1S/C15H18Cl2O/c16-13-9-5-8-12(15(13)17)14(18)10-11-6-3-1-2-4-7-11/h5,8-9,11H,1-4,6-7,10H2. The molecule has 0 bridgehead atoms. The van der Waals surface area contributed by atoms with E-state index in [1.54, 1.807) is 18.2 Å². The summed E-state index contributed by atoms with van der Waals surface area (Å²) in [6, 6.07) is 5.27. The number of benzene rings is 1. The van der Waals surface area contributed by atoms with Crippen molar-refractivity contribution in [3.63, 3.8) is 0 Å². The molecule has 1 aliphatic rings. The fourth-order valence-corrected chi connectivity index (χ4v) is 3.07. The van der Waals surface area contributed by atoms with E-state index in [0.717, 1.165) is 0 Å². The molecule has 1 fully saturated rings. The van der Waals surface area contributed by atoms with Crippen molar-refractivity contribution in [1.29, 1.82) is 0 Å². The predicted molar refractivity (Wildman–Crippen MR) is 76.6 cm³/mol. The Morgan fingerprint density at radius 2 is 1.78 bits per heavy atom. The number of ketones is 1. The zero-order valence-electron chi connectivity index (χ0n) is 10.4.